The first kappa shape index (κ1) is 19.9. The first-order valence-corrected chi connectivity index (χ1v) is 9.23. The normalized spacial score (nSPS) is 22.2. The molecule has 2 aliphatic rings. The highest BCUT2D eigenvalue weighted by atomic mass is 19.4. The van der Waals surface area contributed by atoms with Gasteiger partial charge in [-0.2, -0.15) is 13.2 Å². The van der Waals surface area contributed by atoms with Gasteiger partial charge in [0.1, 0.15) is 11.4 Å². The fraction of sp³-hybridized carbons (Fsp3) is 0.474. The van der Waals surface area contributed by atoms with Crippen LogP contribution in [-0.4, -0.2) is 52.4 Å². The molecule has 2 atom stereocenters. The number of hydrogen-bond donors (Lipinski definition) is 3. The van der Waals surface area contributed by atoms with Gasteiger partial charge in [0.25, 0.3) is 0 Å². The Labute approximate surface area is 164 Å². The molecule has 0 unspecified atom stereocenters. The van der Waals surface area contributed by atoms with Gasteiger partial charge in [-0.1, -0.05) is 0 Å². The number of nitrogens with zero attached hydrogens (tertiary/aromatic N) is 2. The van der Waals surface area contributed by atoms with Gasteiger partial charge in [-0.25, -0.2) is 0 Å². The highest BCUT2D eigenvalue weighted by Gasteiger charge is 2.32. The molecule has 0 saturated carbocycles. The fourth-order valence-electron chi connectivity index (χ4n) is 3.59. The lowest BCUT2D eigenvalue weighted by Crippen LogP contribution is -2.42. The summed E-state index contributed by atoms with van der Waals surface area (Å²) in [6.07, 6.45) is -4.16. The number of aliphatic hydroxyl groups excluding tert-OH is 1. The zero-order valence-corrected chi connectivity index (χ0v) is 15.4. The first-order valence-electron chi connectivity index (χ1n) is 9.23. The van der Waals surface area contributed by atoms with E-state index < -0.39 is 23.6 Å². The second-order valence-corrected chi connectivity index (χ2v) is 7.07. The summed E-state index contributed by atoms with van der Waals surface area (Å²) in [7, 11) is 0. The topological polar surface area (TPSA) is 96.7 Å². The molecule has 156 valence electrons. The third-order valence-electron chi connectivity index (χ3n) is 5.16. The molecule has 1 fully saturated rings. The van der Waals surface area contributed by atoms with Crippen molar-refractivity contribution in [1.29, 1.82) is 0 Å². The van der Waals surface area contributed by atoms with E-state index in [1.54, 1.807) is 0 Å². The molecule has 0 bridgehead atoms. The van der Waals surface area contributed by atoms with Gasteiger partial charge in [-0.3, -0.25) is 0 Å². The van der Waals surface area contributed by atoms with Crippen LogP contribution in [0.4, 0.5) is 19.0 Å². The summed E-state index contributed by atoms with van der Waals surface area (Å²) < 4.78 is 49.4. The van der Waals surface area contributed by atoms with Crippen LogP contribution in [-0.2, 0) is 28.7 Å². The second-order valence-electron chi connectivity index (χ2n) is 7.07. The summed E-state index contributed by atoms with van der Waals surface area (Å²) in [6, 6.07) is 2.54. The summed E-state index contributed by atoms with van der Waals surface area (Å²) in [5.41, 5.74) is 1.05. The molecule has 2 aromatic rings. The van der Waals surface area contributed by atoms with Crippen molar-refractivity contribution < 1.29 is 32.9 Å². The zero-order valence-electron chi connectivity index (χ0n) is 15.4. The third kappa shape index (κ3) is 4.00. The number of aromatic nitrogens is 2. The van der Waals surface area contributed by atoms with Crippen molar-refractivity contribution >= 4 is 5.82 Å². The van der Waals surface area contributed by atoms with Gasteiger partial charge < -0.3 is 25.0 Å². The van der Waals surface area contributed by atoms with Gasteiger partial charge in [0.2, 0.25) is 0 Å². The summed E-state index contributed by atoms with van der Waals surface area (Å²) in [4.78, 5) is 0. The third-order valence-corrected chi connectivity index (χ3v) is 5.16. The second kappa shape index (κ2) is 7.77. The predicted octanol–water partition coefficient (Wildman–Crippen LogP) is 2.50. The maximum atomic E-state index is 12.9. The number of halogens is 3. The van der Waals surface area contributed by atoms with E-state index in [0.29, 0.717) is 43.6 Å². The number of ether oxygens (including phenoxy) is 2. The summed E-state index contributed by atoms with van der Waals surface area (Å²) >= 11 is 0. The van der Waals surface area contributed by atoms with E-state index in [-0.39, 0.29) is 24.8 Å². The number of aliphatic hydroxyl groups is 1. The lowest BCUT2D eigenvalue weighted by molar-refractivity contribution is -0.137. The Kier molecular flexibility index (Phi) is 5.32. The number of nitrogens with one attached hydrogen (secondary N) is 1. The monoisotopic (exact) mass is 411 g/mol. The number of anilines is 1. The van der Waals surface area contributed by atoms with E-state index >= 15 is 0 Å². The van der Waals surface area contributed by atoms with Crippen molar-refractivity contribution in [3.63, 3.8) is 0 Å². The van der Waals surface area contributed by atoms with Crippen molar-refractivity contribution in [2.75, 3.05) is 25.1 Å². The van der Waals surface area contributed by atoms with E-state index in [2.05, 4.69) is 15.5 Å². The summed E-state index contributed by atoms with van der Waals surface area (Å²) in [6.45, 7) is 1.41. The van der Waals surface area contributed by atoms with E-state index in [9.17, 15) is 23.4 Å². The molecule has 0 amide bonds. The van der Waals surface area contributed by atoms with Gasteiger partial charge >= 0.3 is 6.18 Å². The Bertz CT molecular complexity index is 907. The Morgan fingerprint density at radius 2 is 1.93 bits per heavy atom. The van der Waals surface area contributed by atoms with E-state index in [0.717, 1.165) is 17.2 Å². The number of benzene rings is 1. The Morgan fingerprint density at radius 3 is 2.66 bits per heavy atom. The molecule has 7 nitrogen and oxygen atoms in total. The van der Waals surface area contributed by atoms with Crippen LogP contribution < -0.4 is 5.32 Å². The molecule has 1 saturated heterocycles. The van der Waals surface area contributed by atoms with Crippen molar-refractivity contribution in [3.8, 4) is 17.0 Å². The minimum atomic E-state index is -4.55. The number of fused-ring (bicyclic) bond motifs is 1. The number of phenols is 1. The van der Waals surface area contributed by atoms with Gasteiger partial charge in [0, 0.05) is 17.7 Å². The number of phenolic OH excluding ortho intramolecular Hbond substituents is 1. The zero-order chi connectivity index (χ0) is 20.6. The molecule has 1 aromatic heterocycles. The largest absolute Gasteiger partial charge is 0.507 e. The predicted molar refractivity (Wildman–Crippen MR) is 96.3 cm³/mol. The highest BCUT2D eigenvalue weighted by Crippen LogP contribution is 2.39. The quantitative estimate of drug-likeness (QED) is 0.714. The summed E-state index contributed by atoms with van der Waals surface area (Å²) in [5, 5.41) is 31.9. The van der Waals surface area contributed by atoms with Crippen LogP contribution >= 0.6 is 0 Å². The van der Waals surface area contributed by atoms with Gasteiger partial charge in [0.15, 0.2) is 5.82 Å². The van der Waals surface area contributed by atoms with E-state index in [4.69, 9.17) is 9.47 Å². The van der Waals surface area contributed by atoms with E-state index in [1.807, 2.05) is 0 Å². The van der Waals surface area contributed by atoms with Crippen molar-refractivity contribution in [2.24, 2.45) is 0 Å². The van der Waals surface area contributed by atoms with Crippen LogP contribution in [0.2, 0.25) is 0 Å². The van der Waals surface area contributed by atoms with Crippen LogP contribution in [0, 0.1) is 0 Å². The number of aromatic hydroxyl groups is 1. The lowest BCUT2D eigenvalue weighted by Gasteiger charge is -2.30. The fourth-order valence-corrected chi connectivity index (χ4v) is 3.59. The average molecular weight is 411 g/mol. The molecule has 4 rings (SSSR count). The van der Waals surface area contributed by atoms with Gasteiger partial charge in [0.05, 0.1) is 37.5 Å². The minimum Gasteiger partial charge on any atom is -0.507 e. The lowest BCUT2D eigenvalue weighted by atomic mass is 9.96. The molecular formula is C19H20F3N3O4. The molecule has 3 N–H and O–H groups in total. The molecular weight excluding hydrogens is 391 g/mol. The minimum absolute atomic E-state index is 0.182. The molecule has 29 heavy (non-hydrogen) atoms. The molecule has 0 radical (unpaired) electrons. The molecule has 1 aromatic carbocycles. The molecule has 0 aliphatic carbocycles. The van der Waals surface area contributed by atoms with Crippen molar-refractivity contribution in [2.45, 2.75) is 37.8 Å². The maximum Gasteiger partial charge on any atom is 0.416 e. The number of alkyl halides is 3. The van der Waals surface area contributed by atoms with Gasteiger partial charge in [-0.05, 0) is 36.6 Å². The maximum absolute atomic E-state index is 12.9. The number of hydrogen-bond acceptors (Lipinski definition) is 7. The van der Waals surface area contributed by atoms with Crippen LogP contribution in [0.25, 0.3) is 11.3 Å². The van der Waals surface area contributed by atoms with Crippen molar-refractivity contribution in [1.82, 2.24) is 10.2 Å². The van der Waals surface area contributed by atoms with Crippen LogP contribution in [0.5, 0.6) is 5.75 Å². The Hall–Kier alpha value is -2.43. The van der Waals surface area contributed by atoms with Crippen LogP contribution in [0.3, 0.4) is 0 Å². The molecule has 3 heterocycles. The SMILES string of the molecule is Oc1cc(C(F)(F)F)ccc1-c1nnc(N[C@@H]2CCOC[C@H]2O)c2c1CCOC2. The standard InChI is InChI=1S/C19H20F3N3O4/c20-19(21,22)10-1-2-12(15(26)7-10)17-11-3-5-28-8-13(11)18(25-24-17)23-14-4-6-29-9-16(14)27/h1-2,7,14,16,26-27H,3-6,8-9H2,(H,23,25)/t14-,16-/m1/s1. The average Bonchev–Trinajstić information content (AvgIpc) is 2.69. The van der Waals surface area contributed by atoms with Crippen molar-refractivity contribution in [3.05, 3.63) is 34.9 Å². The van der Waals surface area contributed by atoms with Crippen LogP contribution in [0.1, 0.15) is 23.1 Å². The van der Waals surface area contributed by atoms with Crippen LogP contribution in [0.15, 0.2) is 18.2 Å². The molecule has 10 heteroatoms. The molecule has 0 spiro atoms. The Balaban J connectivity index is 1.71. The highest BCUT2D eigenvalue weighted by molar-refractivity contribution is 5.73. The number of rotatable bonds is 3. The smallest absolute Gasteiger partial charge is 0.416 e. The summed E-state index contributed by atoms with van der Waals surface area (Å²) in [5.74, 6) is -0.0517. The van der Waals surface area contributed by atoms with Gasteiger partial charge in [-0.15, -0.1) is 10.2 Å². The first-order chi connectivity index (χ1) is 13.8. The molecule has 2 aliphatic heterocycles. The van der Waals surface area contributed by atoms with E-state index in [1.165, 1.54) is 6.07 Å². The Morgan fingerprint density at radius 1 is 1.10 bits per heavy atom.